The Morgan fingerprint density at radius 2 is 1.67 bits per heavy atom. The van der Waals surface area contributed by atoms with Gasteiger partial charge in [-0.25, -0.2) is 8.42 Å². The van der Waals surface area contributed by atoms with Crippen LogP contribution in [0.5, 0.6) is 0 Å². The Morgan fingerprint density at radius 3 is 2.30 bits per heavy atom. The Kier molecular flexibility index (Phi) is 6.89. The lowest BCUT2D eigenvalue weighted by Gasteiger charge is -2.33. The largest absolute Gasteiger partial charge is 0.350 e. The number of amides is 2. The molecule has 0 spiro atoms. The van der Waals surface area contributed by atoms with E-state index in [1.807, 2.05) is 13.8 Å². The number of hydrogen-bond acceptors (Lipinski definition) is 4. The molecule has 0 bridgehead atoms. The summed E-state index contributed by atoms with van der Waals surface area (Å²) in [6.45, 7) is 4.07. The predicted octanol–water partition coefficient (Wildman–Crippen LogP) is 3.01. The van der Waals surface area contributed by atoms with Gasteiger partial charge in [-0.3, -0.25) is 9.59 Å². The van der Waals surface area contributed by atoms with Crippen molar-refractivity contribution < 1.29 is 18.0 Å². The van der Waals surface area contributed by atoms with Crippen LogP contribution in [0, 0.1) is 0 Å². The molecule has 1 atom stereocenters. The van der Waals surface area contributed by atoms with E-state index in [2.05, 4.69) is 10.6 Å². The van der Waals surface area contributed by atoms with Crippen LogP contribution in [0.2, 0.25) is 0 Å². The molecule has 1 heterocycles. The van der Waals surface area contributed by atoms with Gasteiger partial charge in [0.1, 0.15) is 6.04 Å². The van der Waals surface area contributed by atoms with E-state index in [1.54, 1.807) is 54.6 Å². The minimum atomic E-state index is -3.76. The zero-order valence-corrected chi connectivity index (χ0v) is 18.0. The van der Waals surface area contributed by atoms with Gasteiger partial charge in [0.05, 0.1) is 4.90 Å². The van der Waals surface area contributed by atoms with Gasteiger partial charge in [0, 0.05) is 23.8 Å². The normalized spacial score (nSPS) is 17.5. The molecule has 1 saturated heterocycles. The quantitative estimate of drug-likeness (QED) is 0.738. The molecule has 8 heteroatoms. The Labute approximate surface area is 177 Å². The Balaban J connectivity index is 1.74. The molecular weight excluding hydrogens is 402 g/mol. The molecule has 0 radical (unpaired) electrons. The van der Waals surface area contributed by atoms with Gasteiger partial charge < -0.3 is 10.6 Å². The van der Waals surface area contributed by atoms with Gasteiger partial charge in [0.15, 0.2) is 0 Å². The van der Waals surface area contributed by atoms with E-state index in [0.717, 1.165) is 12.8 Å². The standard InChI is InChI=1S/C22H27N3O4S/c1-16(2)23-21(26)17-11-13-18(14-12-17)24-22(27)20-10-6-7-15-25(20)30(28,29)19-8-4-3-5-9-19/h3-5,8-9,11-14,16,20H,6-7,10,15H2,1-2H3,(H,23,26)(H,24,27). The molecule has 0 aromatic heterocycles. The van der Waals surface area contributed by atoms with Crippen molar-refractivity contribution >= 4 is 27.5 Å². The van der Waals surface area contributed by atoms with Gasteiger partial charge in [0.25, 0.3) is 5.91 Å². The first-order valence-electron chi connectivity index (χ1n) is 10.1. The van der Waals surface area contributed by atoms with E-state index in [0.29, 0.717) is 24.2 Å². The van der Waals surface area contributed by atoms with Crippen molar-refractivity contribution in [3.05, 3.63) is 60.2 Å². The zero-order valence-electron chi connectivity index (χ0n) is 17.2. The number of hydrogen-bond donors (Lipinski definition) is 2. The fourth-order valence-corrected chi connectivity index (χ4v) is 5.14. The molecule has 0 aliphatic carbocycles. The lowest BCUT2D eigenvalue weighted by Crippen LogP contribution is -2.49. The highest BCUT2D eigenvalue weighted by Crippen LogP contribution is 2.26. The molecule has 0 saturated carbocycles. The smallest absolute Gasteiger partial charge is 0.251 e. The SMILES string of the molecule is CC(C)NC(=O)c1ccc(NC(=O)C2CCCCN2S(=O)(=O)c2ccccc2)cc1. The van der Waals surface area contributed by atoms with Crippen molar-refractivity contribution in [2.75, 3.05) is 11.9 Å². The number of nitrogens with zero attached hydrogens (tertiary/aromatic N) is 1. The molecule has 2 aromatic carbocycles. The summed E-state index contributed by atoms with van der Waals surface area (Å²) in [4.78, 5) is 25.2. The van der Waals surface area contributed by atoms with Crippen LogP contribution in [0.25, 0.3) is 0 Å². The topological polar surface area (TPSA) is 95.6 Å². The number of benzene rings is 2. The molecule has 160 valence electrons. The summed E-state index contributed by atoms with van der Waals surface area (Å²) in [5.41, 5.74) is 1.01. The van der Waals surface area contributed by atoms with Gasteiger partial charge in [-0.05, 0) is 63.1 Å². The summed E-state index contributed by atoms with van der Waals surface area (Å²) in [6.07, 6.45) is 1.97. The molecule has 2 aromatic rings. The summed E-state index contributed by atoms with van der Waals surface area (Å²) in [5, 5.41) is 5.60. The summed E-state index contributed by atoms with van der Waals surface area (Å²) < 4.78 is 27.4. The Bertz CT molecular complexity index is 989. The first kappa shape index (κ1) is 22.0. The van der Waals surface area contributed by atoms with Gasteiger partial charge >= 0.3 is 0 Å². The molecule has 1 fully saturated rings. The number of rotatable bonds is 6. The highest BCUT2D eigenvalue weighted by Gasteiger charge is 2.37. The van der Waals surface area contributed by atoms with Gasteiger partial charge in [0.2, 0.25) is 15.9 Å². The first-order chi connectivity index (χ1) is 14.3. The molecule has 1 aliphatic heterocycles. The van der Waals surface area contributed by atoms with E-state index < -0.39 is 16.1 Å². The molecule has 30 heavy (non-hydrogen) atoms. The lowest BCUT2D eigenvalue weighted by atomic mass is 10.0. The van der Waals surface area contributed by atoms with E-state index >= 15 is 0 Å². The van der Waals surface area contributed by atoms with Gasteiger partial charge in [-0.15, -0.1) is 0 Å². The summed E-state index contributed by atoms with van der Waals surface area (Å²) in [5.74, 6) is -0.552. The molecular formula is C22H27N3O4S. The number of piperidine rings is 1. The number of nitrogens with one attached hydrogen (secondary N) is 2. The molecule has 1 aliphatic rings. The fourth-order valence-electron chi connectivity index (χ4n) is 3.46. The zero-order chi connectivity index (χ0) is 21.7. The molecule has 2 N–H and O–H groups in total. The minimum absolute atomic E-state index is 0.0285. The second-order valence-electron chi connectivity index (χ2n) is 7.64. The minimum Gasteiger partial charge on any atom is -0.350 e. The fraction of sp³-hybridized carbons (Fsp3) is 0.364. The average molecular weight is 430 g/mol. The third-order valence-corrected chi connectivity index (χ3v) is 6.86. The van der Waals surface area contributed by atoms with E-state index in [1.165, 1.54) is 4.31 Å². The van der Waals surface area contributed by atoms with Crippen LogP contribution < -0.4 is 10.6 Å². The van der Waals surface area contributed by atoms with Crippen LogP contribution in [-0.2, 0) is 14.8 Å². The highest BCUT2D eigenvalue weighted by molar-refractivity contribution is 7.89. The molecule has 3 rings (SSSR count). The average Bonchev–Trinajstić information content (AvgIpc) is 2.74. The third-order valence-electron chi connectivity index (χ3n) is 4.94. The number of carbonyl (C=O) groups is 2. The van der Waals surface area contributed by atoms with Crippen molar-refractivity contribution in [1.29, 1.82) is 0 Å². The number of carbonyl (C=O) groups excluding carboxylic acids is 2. The van der Waals surface area contributed by atoms with E-state index in [4.69, 9.17) is 0 Å². The van der Waals surface area contributed by atoms with Gasteiger partial charge in [-0.2, -0.15) is 4.31 Å². The Morgan fingerprint density at radius 1 is 1.00 bits per heavy atom. The van der Waals surface area contributed by atoms with Crippen LogP contribution in [0.15, 0.2) is 59.5 Å². The van der Waals surface area contributed by atoms with E-state index in [-0.39, 0.29) is 22.8 Å². The van der Waals surface area contributed by atoms with Crippen LogP contribution >= 0.6 is 0 Å². The van der Waals surface area contributed by atoms with E-state index in [9.17, 15) is 18.0 Å². The predicted molar refractivity (Wildman–Crippen MR) is 116 cm³/mol. The number of sulfonamides is 1. The number of anilines is 1. The van der Waals surface area contributed by atoms with Crippen molar-refractivity contribution in [2.45, 2.75) is 50.1 Å². The molecule has 1 unspecified atom stereocenters. The van der Waals surface area contributed by atoms with Crippen molar-refractivity contribution in [3.8, 4) is 0 Å². The van der Waals surface area contributed by atoms with Gasteiger partial charge in [-0.1, -0.05) is 24.6 Å². The highest BCUT2D eigenvalue weighted by atomic mass is 32.2. The summed E-state index contributed by atoms with van der Waals surface area (Å²) in [6, 6.07) is 14.0. The van der Waals surface area contributed by atoms with Crippen molar-refractivity contribution in [1.82, 2.24) is 9.62 Å². The van der Waals surface area contributed by atoms with Crippen LogP contribution in [0.4, 0.5) is 5.69 Å². The Hall–Kier alpha value is -2.71. The summed E-state index contributed by atoms with van der Waals surface area (Å²) in [7, 11) is -3.76. The van der Waals surface area contributed by atoms with Crippen molar-refractivity contribution in [2.24, 2.45) is 0 Å². The molecule has 2 amide bonds. The lowest BCUT2D eigenvalue weighted by molar-refractivity contribution is -0.120. The summed E-state index contributed by atoms with van der Waals surface area (Å²) >= 11 is 0. The monoisotopic (exact) mass is 429 g/mol. The second-order valence-corrected chi connectivity index (χ2v) is 9.53. The second kappa shape index (κ2) is 9.40. The van der Waals surface area contributed by atoms with Crippen molar-refractivity contribution in [3.63, 3.8) is 0 Å². The molecule has 7 nitrogen and oxygen atoms in total. The maximum Gasteiger partial charge on any atom is 0.251 e. The van der Waals surface area contributed by atoms with Crippen LogP contribution in [0.1, 0.15) is 43.5 Å². The third kappa shape index (κ3) is 5.06. The van der Waals surface area contributed by atoms with Crippen LogP contribution in [0.3, 0.4) is 0 Å². The first-order valence-corrected chi connectivity index (χ1v) is 11.5. The van der Waals surface area contributed by atoms with Crippen LogP contribution in [-0.4, -0.2) is 43.2 Å². The maximum atomic E-state index is 13.1. The maximum absolute atomic E-state index is 13.1.